The highest BCUT2D eigenvalue weighted by atomic mass is 16.5. The number of hydrogen-bond donors (Lipinski definition) is 5. The largest absolute Gasteiger partial charge is 0.510 e. The summed E-state index contributed by atoms with van der Waals surface area (Å²) >= 11 is 0. The van der Waals surface area contributed by atoms with Gasteiger partial charge in [0, 0.05) is 17.7 Å². The average molecular weight is 590 g/mol. The Labute approximate surface area is 250 Å². The van der Waals surface area contributed by atoms with Crippen molar-refractivity contribution in [2.45, 2.75) is 39.3 Å². The van der Waals surface area contributed by atoms with Crippen LogP contribution in [0.15, 0.2) is 47.2 Å². The Morgan fingerprint density at radius 1 is 1.09 bits per heavy atom. The van der Waals surface area contributed by atoms with Crippen LogP contribution in [0, 0.1) is 23.7 Å². The highest BCUT2D eigenvalue weighted by Crippen LogP contribution is 2.52. The Bertz CT molecular complexity index is 1570. The molecule has 0 spiro atoms. The van der Waals surface area contributed by atoms with E-state index >= 15 is 0 Å². The summed E-state index contributed by atoms with van der Waals surface area (Å²) in [5.74, 6) is -4.89. The van der Waals surface area contributed by atoms with Crippen molar-refractivity contribution in [3.05, 3.63) is 63.9 Å². The molecule has 0 bridgehead atoms. The quantitative estimate of drug-likeness (QED) is 0.230. The Morgan fingerprint density at radius 2 is 1.81 bits per heavy atom. The van der Waals surface area contributed by atoms with Crippen molar-refractivity contribution in [1.82, 2.24) is 10.2 Å². The van der Waals surface area contributed by atoms with Crippen molar-refractivity contribution in [2.24, 2.45) is 29.4 Å². The summed E-state index contributed by atoms with van der Waals surface area (Å²) < 4.78 is 5.71. The number of nitrogens with zero attached hydrogens (tertiary/aromatic N) is 1. The first kappa shape index (κ1) is 30.3. The summed E-state index contributed by atoms with van der Waals surface area (Å²) in [5, 5.41) is 37.0. The predicted molar refractivity (Wildman–Crippen MR) is 161 cm³/mol. The van der Waals surface area contributed by atoms with E-state index in [1.54, 1.807) is 32.2 Å². The van der Waals surface area contributed by atoms with Gasteiger partial charge >= 0.3 is 0 Å². The lowest BCUT2D eigenvalue weighted by atomic mass is 9.59. The molecule has 1 saturated carbocycles. The fraction of sp³-hybridized carbons (Fsp3) is 0.424. The third kappa shape index (κ3) is 5.08. The van der Waals surface area contributed by atoms with Crippen LogP contribution in [0.5, 0.6) is 11.5 Å². The highest BCUT2D eigenvalue weighted by molar-refractivity contribution is 6.28. The number of primary amides is 1. The number of carbonyl (C=O) groups excluding carboxylic acids is 3. The number of aliphatic hydroxyl groups excluding tert-OH is 2. The summed E-state index contributed by atoms with van der Waals surface area (Å²) in [7, 11) is 4.97. The van der Waals surface area contributed by atoms with Gasteiger partial charge in [0.15, 0.2) is 11.6 Å². The van der Waals surface area contributed by atoms with Crippen LogP contribution in [0.2, 0.25) is 0 Å². The summed E-state index contributed by atoms with van der Waals surface area (Å²) in [4.78, 5) is 41.2. The molecule has 3 aliphatic rings. The Kier molecular flexibility index (Phi) is 8.11. The predicted octanol–water partition coefficient (Wildman–Crippen LogP) is 3.27. The molecule has 1 fully saturated rings. The van der Waals surface area contributed by atoms with Crippen LogP contribution in [0.4, 0.5) is 0 Å². The number of nitrogens with one attached hydrogen (secondary N) is 1. The van der Waals surface area contributed by atoms with E-state index < -0.39 is 52.6 Å². The van der Waals surface area contributed by atoms with Crippen molar-refractivity contribution >= 4 is 23.2 Å². The molecular formula is C33H39N3O7. The van der Waals surface area contributed by atoms with Crippen LogP contribution in [0.3, 0.4) is 0 Å². The number of rotatable bonds is 8. The van der Waals surface area contributed by atoms with Gasteiger partial charge in [-0.3, -0.25) is 19.3 Å². The topological polar surface area (TPSA) is 162 Å². The Morgan fingerprint density at radius 3 is 2.44 bits per heavy atom. The molecule has 2 aromatic carbocycles. The normalized spacial score (nSPS) is 23.4. The first-order chi connectivity index (χ1) is 20.4. The van der Waals surface area contributed by atoms with Crippen LogP contribution in [0.25, 0.3) is 16.9 Å². The van der Waals surface area contributed by atoms with Gasteiger partial charge in [0.05, 0.1) is 24.6 Å². The van der Waals surface area contributed by atoms with Crippen LogP contribution in [0.1, 0.15) is 37.0 Å². The number of amides is 1. The fourth-order valence-electron chi connectivity index (χ4n) is 7.10. The maximum absolute atomic E-state index is 14.0. The first-order valence-electron chi connectivity index (χ1n) is 14.5. The first-order valence-corrected chi connectivity index (χ1v) is 14.5. The third-order valence-corrected chi connectivity index (χ3v) is 8.88. The molecule has 10 heteroatoms. The minimum absolute atomic E-state index is 0.0517. The number of Topliss-reactive ketones (excluding diaryl/α,β-unsaturated/α-hetero) is 2. The number of phenolic OH excluding ortho intramolecular Hbond substituents is 1. The third-order valence-electron chi connectivity index (χ3n) is 8.88. The second kappa shape index (κ2) is 11.5. The zero-order chi connectivity index (χ0) is 31.3. The van der Waals surface area contributed by atoms with E-state index in [4.69, 9.17) is 10.5 Å². The molecule has 0 heterocycles. The number of methoxy groups -OCH3 is 1. The summed E-state index contributed by atoms with van der Waals surface area (Å²) in [6.07, 6.45) is 0.583. The van der Waals surface area contributed by atoms with Crippen LogP contribution in [-0.4, -0.2) is 71.5 Å². The fourth-order valence-corrected chi connectivity index (χ4v) is 7.10. The number of aromatic hydroxyl groups is 1. The van der Waals surface area contributed by atoms with Crippen molar-refractivity contribution in [3.8, 4) is 22.6 Å². The number of aliphatic hydroxyl groups is 2. The van der Waals surface area contributed by atoms with Crippen molar-refractivity contribution < 1.29 is 34.4 Å². The van der Waals surface area contributed by atoms with Gasteiger partial charge in [-0.15, -0.1) is 0 Å². The van der Waals surface area contributed by atoms with Crippen LogP contribution in [-0.2, 0) is 27.3 Å². The number of ether oxygens (including phenoxy) is 1. The second-order valence-electron chi connectivity index (χ2n) is 12.3. The standard InChI is InChI=1S/C33H39N3O7/c1-15(2)13-35-14-16-6-9-23(43-5)19(10-16)18-7-8-22(37)25-20(18)11-17-12-21-26(30(39)24(17)29(25)38)31(40)27(33(34)42)32(41)28(21)36(3)4/h6-10,15,17,21,26,28,35,37-38,41H,11-14H2,1-5H3,(H2,34,42)/t17?,21?,26?,28-/m0/s1. The zero-order valence-corrected chi connectivity index (χ0v) is 25.1. The van der Waals surface area contributed by atoms with Crippen molar-refractivity contribution in [1.29, 1.82) is 0 Å². The van der Waals surface area contributed by atoms with Gasteiger partial charge in [-0.2, -0.15) is 0 Å². The van der Waals surface area contributed by atoms with E-state index in [1.807, 2.05) is 18.2 Å². The van der Waals surface area contributed by atoms with E-state index in [-0.39, 0.29) is 29.1 Å². The van der Waals surface area contributed by atoms with Gasteiger partial charge in [-0.1, -0.05) is 26.0 Å². The Balaban J connectivity index is 1.63. The van der Waals surface area contributed by atoms with Gasteiger partial charge in [-0.05, 0) is 86.1 Å². The average Bonchev–Trinajstić information content (AvgIpc) is 2.92. The summed E-state index contributed by atoms with van der Waals surface area (Å²) in [6.45, 7) is 5.78. The lowest BCUT2D eigenvalue weighted by molar-refractivity contribution is -0.136. The molecule has 2 aromatic rings. The number of fused-ring (bicyclic) bond motifs is 3. The molecule has 228 valence electrons. The lowest BCUT2D eigenvalue weighted by Gasteiger charge is -2.46. The molecule has 3 aliphatic carbocycles. The van der Waals surface area contributed by atoms with Crippen LogP contribution >= 0.6 is 0 Å². The molecule has 3 unspecified atom stereocenters. The molecular weight excluding hydrogens is 550 g/mol. The number of ketones is 2. The zero-order valence-electron chi connectivity index (χ0n) is 25.1. The number of allylic oxidation sites excluding steroid dienone is 1. The maximum atomic E-state index is 14.0. The van der Waals surface area contributed by atoms with E-state index in [2.05, 4.69) is 19.2 Å². The van der Waals surface area contributed by atoms with Gasteiger partial charge in [0.2, 0.25) is 0 Å². The molecule has 0 radical (unpaired) electrons. The number of carbonyl (C=O) groups is 3. The van der Waals surface area contributed by atoms with Gasteiger partial charge in [0.25, 0.3) is 5.91 Å². The molecule has 0 saturated heterocycles. The molecule has 6 N–H and O–H groups in total. The monoisotopic (exact) mass is 589 g/mol. The molecule has 10 nitrogen and oxygen atoms in total. The molecule has 4 atom stereocenters. The van der Waals surface area contributed by atoms with Gasteiger partial charge < -0.3 is 31.1 Å². The lowest BCUT2D eigenvalue weighted by Crippen LogP contribution is -2.55. The smallest absolute Gasteiger partial charge is 0.255 e. The number of nitrogens with two attached hydrogens (primary N) is 1. The summed E-state index contributed by atoms with van der Waals surface area (Å²) in [5.41, 5.74) is 8.28. The molecule has 0 aliphatic heterocycles. The summed E-state index contributed by atoms with van der Waals surface area (Å²) in [6, 6.07) is 8.36. The van der Waals surface area contributed by atoms with E-state index in [1.165, 1.54) is 6.07 Å². The minimum atomic E-state index is -1.29. The molecule has 0 aromatic heterocycles. The number of benzene rings is 2. The number of hydrogen-bond acceptors (Lipinski definition) is 9. The van der Waals surface area contributed by atoms with Crippen LogP contribution < -0.4 is 15.8 Å². The van der Waals surface area contributed by atoms with Crippen molar-refractivity contribution in [3.63, 3.8) is 0 Å². The van der Waals surface area contributed by atoms with Crippen molar-refractivity contribution in [2.75, 3.05) is 27.7 Å². The number of likely N-dealkylation sites (N-methyl/N-ethyl adjacent to an activating group) is 1. The van der Waals surface area contributed by atoms with E-state index in [9.17, 15) is 29.7 Å². The van der Waals surface area contributed by atoms with Gasteiger partial charge in [0.1, 0.15) is 28.6 Å². The SMILES string of the molecule is COc1ccc(CNCC(C)C)cc1-c1ccc(O)c2c1CC1CC3C(C(=O)C(C(N)=O)=C(O)[C@H]3N(C)C)C(=O)C1=C2O. The van der Waals surface area contributed by atoms with Gasteiger partial charge in [-0.25, -0.2) is 0 Å². The minimum Gasteiger partial charge on any atom is -0.510 e. The molecule has 43 heavy (non-hydrogen) atoms. The van der Waals surface area contributed by atoms with E-state index in [0.717, 1.165) is 23.2 Å². The molecule has 1 amide bonds. The van der Waals surface area contributed by atoms with E-state index in [0.29, 0.717) is 30.2 Å². The Hall–Kier alpha value is -4.15. The second-order valence-corrected chi connectivity index (χ2v) is 12.3. The molecule has 5 rings (SSSR count). The maximum Gasteiger partial charge on any atom is 0.255 e. The number of phenols is 1. The highest BCUT2D eigenvalue weighted by Gasteiger charge is 2.55.